The van der Waals surface area contributed by atoms with Crippen molar-refractivity contribution in [2.75, 3.05) is 0 Å². The largest absolute Gasteiger partial charge is 0.483 e. The molecule has 0 aliphatic heterocycles. The SMILES string of the molecule is CCC(Oc1ccc2ccccc2c1)C(N)=S. The third-order valence-corrected chi connectivity index (χ3v) is 2.95. The van der Waals surface area contributed by atoms with Crippen molar-refractivity contribution in [3.8, 4) is 5.75 Å². The summed E-state index contributed by atoms with van der Waals surface area (Å²) in [7, 11) is 0. The van der Waals surface area contributed by atoms with Crippen molar-refractivity contribution in [1.82, 2.24) is 0 Å². The topological polar surface area (TPSA) is 35.2 Å². The molecule has 17 heavy (non-hydrogen) atoms. The zero-order valence-corrected chi connectivity index (χ0v) is 10.5. The fourth-order valence-electron chi connectivity index (χ4n) is 1.75. The third-order valence-electron chi connectivity index (χ3n) is 2.69. The van der Waals surface area contributed by atoms with Crippen molar-refractivity contribution >= 4 is 28.0 Å². The van der Waals surface area contributed by atoms with Crippen LogP contribution in [0.25, 0.3) is 10.8 Å². The van der Waals surface area contributed by atoms with Crippen molar-refractivity contribution in [1.29, 1.82) is 0 Å². The molecular weight excluding hydrogens is 230 g/mol. The van der Waals surface area contributed by atoms with Gasteiger partial charge in [-0.1, -0.05) is 49.5 Å². The van der Waals surface area contributed by atoms with Gasteiger partial charge in [-0.05, 0) is 29.3 Å². The number of thiocarbonyl (C=S) groups is 1. The molecule has 0 aromatic heterocycles. The summed E-state index contributed by atoms with van der Waals surface area (Å²) < 4.78 is 5.77. The average molecular weight is 245 g/mol. The van der Waals surface area contributed by atoms with E-state index in [9.17, 15) is 0 Å². The highest BCUT2D eigenvalue weighted by atomic mass is 32.1. The van der Waals surface area contributed by atoms with Crippen LogP contribution in [0.3, 0.4) is 0 Å². The van der Waals surface area contributed by atoms with Gasteiger partial charge in [0.15, 0.2) is 0 Å². The monoisotopic (exact) mass is 245 g/mol. The number of ether oxygens (including phenoxy) is 1. The van der Waals surface area contributed by atoms with Crippen LogP contribution in [0.5, 0.6) is 5.75 Å². The lowest BCUT2D eigenvalue weighted by atomic mass is 10.1. The molecule has 2 nitrogen and oxygen atoms in total. The van der Waals surface area contributed by atoms with E-state index in [0.29, 0.717) is 4.99 Å². The molecule has 1 atom stereocenters. The Labute approximate surface area is 106 Å². The number of nitrogens with two attached hydrogens (primary N) is 1. The highest BCUT2D eigenvalue weighted by Crippen LogP contribution is 2.21. The molecule has 0 radical (unpaired) electrons. The summed E-state index contributed by atoms with van der Waals surface area (Å²) in [5.74, 6) is 0.809. The van der Waals surface area contributed by atoms with E-state index >= 15 is 0 Å². The van der Waals surface area contributed by atoms with Crippen LogP contribution in [0.4, 0.5) is 0 Å². The maximum atomic E-state index is 5.77. The molecule has 2 aromatic rings. The summed E-state index contributed by atoms with van der Waals surface area (Å²) in [6.07, 6.45) is 0.591. The van der Waals surface area contributed by atoms with Crippen LogP contribution in [-0.4, -0.2) is 11.1 Å². The van der Waals surface area contributed by atoms with Gasteiger partial charge >= 0.3 is 0 Å². The minimum atomic E-state index is -0.189. The zero-order chi connectivity index (χ0) is 12.3. The van der Waals surface area contributed by atoms with Crippen molar-refractivity contribution in [2.45, 2.75) is 19.4 Å². The van der Waals surface area contributed by atoms with Crippen LogP contribution < -0.4 is 10.5 Å². The van der Waals surface area contributed by atoms with Gasteiger partial charge in [-0.2, -0.15) is 0 Å². The molecule has 2 aromatic carbocycles. The first-order chi connectivity index (χ1) is 8.20. The maximum absolute atomic E-state index is 5.77. The minimum Gasteiger partial charge on any atom is -0.483 e. The van der Waals surface area contributed by atoms with E-state index in [1.54, 1.807) is 0 Å². The Hall–Kier alpha value is -1.61. The first kappa shape index (κ1) is 11.9. The first-order valence-corrected chi connectivity index (χ1v) is 6.06. The molecule has 0 saturated heterocycles. The Bertz CT molecular complexity index is 538. The third kappa shape index (κ3) is 2.74. The second-order valence-electron chi connectivity index (χ2n) is 3.93. The van der Waals surface area contributed by atoms with Crippen LogP contribution in [0.15, 0.2) is 42.5 Å². The quantitative estimate of drug-likeness (QED) is 0.840. The Morgan fingerprint density at radius 3 is 2.59 bits per heavy atom. The molecule has 0 aliphatic carbocycles. The predicted molar refractivity (Wildman–Crippen MR) is 75.4 cm³/mol. The summed E-state index contributed by atoms with van der Waals surface area (Å²) in [6.45, 7) is 2.00. The summed E-state index contributed by atoms with van der Waals surface area (Å²) in [5, 5.41) is 2.35. The highest BCUT2D eigenvalue weighted by Gasteiger charge is 2.10. The second kappa shape index (κ2) is 5.15. The Kier molecular flexibility index (Phi) is 3.59. The van der Waals surface area contributed by atoms with Gasteiger partial charge in [-0.25, -0.2) is 0 Å². The van der Waals surface area contributed by atoms with Crippen LogP contribution in [-0.2, 0) is 0 Å². The zero-order valence-electron chi connectivity index (χ0n) is 9.72. The fourth-order valence-corrected chi connectivity index (χ4v) is 1.96. The second-order valence-corrected chi connectivity index (χ2v) is 4.40. The van der Waals surface area contributed by atoms with Gasteiger partial charge < -0.3 is 10.5 Å². The Morgan fingerprint density at radius 2 is 1.94 bits per heavy atom. The molecule has 1 unspecified atom stereocenters. The van der Waals surface area contributed by atoms with E-state index in [0.717, 1.165) is 17.6 Å². The molecular formula is C14H15NOS. The van der Waals surface area contributed by atoms with Crippen molar-refractivity contribution in [3.05, 3.63) is 42.5 Å². The number of benzene rings is 2. The fraction of sp³-hybridized carbons (Fsp3) is 0.214. The van der Waals surface area contributed by atoms with Crippen LogP contribution in [0.1, 0.15) is 13.3 Å². The maximum Gasteiger partial charge on any atom is 0.148 e. The summed E-state index contributed by atoms with van der Waals surface area (Å²) in [5.41, 5.74) is 5.61. The first-order valence-electron chi connectivity index (χ1n) is 5.65. The number of hydrogen-bond donors (Lipinski definition) is 1. The molecule has 2 rings (SSSR count). The van der Waals surface area contributed by atoms with Gasteiger partial charge in [0.1, 0.15) is 16.8 Å². The van der Waals surface area contributed by atoms with Gasteiger partial charge in [-0.3, -0.25) is 0 Å². The van der Waals surface area contributed by atoms with Crippen LogP contribution in [0, 0.1) is 0 Å². The Morgan fingerprint density at radius 1 is 1.24 bits per heavy atom. The van der Waals surface area contributed by atoms with Crippen molar-refractivity contribution < 1.29 is 4.74 Å². The van der Waals surface area contributed by atoms with Crippen LogP contribution >= 0.6 is 12.2 Å². The van der Waals surface area contributed by atoms with E-state index in [4.69, 9.17) is 22.7 Å². The van der Waals surface area contributed by atoms with Gasteiger partial charge in [0.05, 0.1) is 0 Å². The smallest absolute Gasteiger partial charge is 0.148 e. The van der Waals surface area contributed by atoms with E-state index in [-0.39, 0.29) is 6.10 Å². The summed E-state index contributed by atoms with van der Waals surface area (Å²) in [4.78, 5) is 0.403. The highest BCUT2D eigenvalue weighted by molar-refractivity contribution is 7.80. The summed E-state index contributed by atoms with van der Waals surface area (Å²) >= 11 is 4.96. The lowest BCUT2D eigenvalue weighted by Crippen LogP contribution is -2.31. The van der Waals surface area contributed by atoms with Gasteiger partial charge in [-0.15, -0.1) is 0 Å². The lowest BCUT2D eigenvalue weighted by molar-refractivity contribution is 0.264. The molecule has 0 aliphatic rings. The van der Waals surface area contributed by atoms with Gasteiger partial charge in [0, 0.05) is 0 Å². The number of rotatable bonds is 4. The molecule has 0 bridgehead atoms. The van der Waals surface area contributed by atoms with Crippen LogP contribution in [0.2, 0.25) is 0 Å². The molecule has 88 valence electrons. The minimum absolute atomic E-state index is 0.189. The van der Waals surface area contributed by atoms with Gasteiger partial charge in [0.2, 0.25) is 0 Å². The van der Waals surface area contributed by atoms with Gasteiger partial charge in [0.25, 0.3) is 0 Å². The molecule has 0 fully saturated rings. The molecule has 0 saturated carbocycles. The number of fused-ring (bicyclic) bond motifs is 1. The molecule has 3 heteroatoms. The lowest BCUT2D eigenvalue weighted by Gasteiger charge is -2.16. The normalized spacial score (nSPS) is 12.3. The molecule has 0 heterocycles. The Balaban J connectivity index is 2.27. The standard InChI is InChI=1S/C14H15NOS/c1-2-13(14(15)17)16-12-8-7-10-5-3-4-6-11(10)9-12/h3-9,13H,2H2,1H3,(H2,15,17). The number of hydrogen-bond acceptors (Lipinski definition) is 2. The van der Waals surface area contributed by atoms with E-state index in [1.165, 1.54) is 5.39 Å². The van der Waals surface area contributed by atoms with E-state index in [1.807, 2.05) is 37.3 Å². The summed E-state index contributed by atoms with van der Waals surface area (Å²) in [6, 6.07) is 14.2. The molecule has 0 spiro atoms. The van der Waals surface area contributed by atoms with Crippen molar-refractivity contribution in [3.63, 3.8) is 0 Å². The average Bonchev–Trinajstić information content (AvgIpc) is 2.35. The van der Waals surface area contributed by atoms with E-state index < -0.39 is 0 Å². The molecule has 2 N–H and O–H groups in total. The predicted octanol–water partition coefficient (Wildman–Crippen LogP) is 3.28. The molecule has 0 amide bonds. The van der Waals surface area contributed by atoms with E-state index in [2.05, 4.69) is 12.1 Å². The van der Waals surface area contributed by atoms with Crippen molar-refractivity contribution in [2.24, 2.45) is 5.73 Å².